The molecule has 0 amide bonds. The van der Waals surface area contributed by atoms with Gasteiger partial charge in [0.15, 0.2) is 23.0 Å². The summed E-state index contributed by atoms with van der Waals surface area (Å²) in [6.07, 6.45) is -5.27. The molecule has 230 valence electrons. The first-order chi connectivity index (χ1) is 21.0. The van der Waals surface area contributed by atoms with Gasteiger partial charge in [-0.3, -0.25) is 14.9 Å². The lowest BCUT2D eigenvalue weighted by atomic mass is 9.65. The zero-order chi connectivity index (χ0) is 31.3. The van der Waals surface area contributed by atoms with Crippen LogP contribution in [0.3, 0.4) is 0 Å². The van der Waals surface area contributed by atoms with E-state index in [1.165, 1.54) is 38.5 Å². The average molecular weight is 617 g/mol. The number of hydrogen-bond acceptors (Lipinski definition) is 11. The molecule has 4 atom stereocenters. The molecule has 15 heteroatoms. The Labute approximate surface area is 246 Å². The number of carbonyl (C=O) groups is 2. The molecule has 3 aromatic carbocycles. The summed E-state index contributed by atoms with van der Waals surface area (Å²) in [5.41, 5.74) is 2.21. The third-order valence-corrected chi connectivity index (χ3v) is 7.86. The number of alkyl halides is 3. The van der Waals surface area contributed by atoms with E-state index in [-0.39, 0.29) is 30.6 Å². The van der Waals surface area contributed by atoms with Gasteiger partial charge in [-0.25, -0.2) is 4.79 Å². The maximum Gasteiger partial charge on any atom is 0.491 e. The zero-order valence-corrected chi connectivity index (χ0v) is 23.0. The summed E-state index contributed by atoms with van der Waals surface area (Å²) in [5, 5.41) is 14.5. The summed E-state index contributed by atoms with van der Waals surface area (Å²) in [6.45, 7) is 0.00718. The number of nitro groups is 1. The molecule has 0 unspecified atom stereocenters. The van der Waals surface area contributed by atoms with E-state index < -0.39 is 52.6 Å². The fourth-order valence-electron chi connectivity index (χ4n) is 5.94. The maximum absolute atomic E-state index is 13.3. The molecular weight excluding hydrogens is 593 g/mol. The van der Waals surface area contributed by atoms with E-state index in [2.05, 4.69) is 10.1 Å². The second-order valence-electron chi connectivity index (χ2n) is 10.2. The maximum atomic E-state index is 13.3. The minimum Gasteiger partial charge on any atom is -0.493 e. The van der Waals surface area contributed by atoms with E-state index in [1.807, 2.05) is 0 Å². The Morgan fingerprint density at radius 3 is 2.16 bits per heavy atom. The van der Waals surface area contributed by atoms with Crippen molar-refractivity contribution in [3.8, 4) is 28.7 Å². The van der Waals surface area contributed by atoms with Crippen LogP contribution in [0.4, 0.5) is 24.5 Å². The highest BCUT2D eigenvalue weighted by Crippen LogP contribution is 2.56. The summed E-state index contributed by atoms with van der Waals surface area (Å²) in [5.74, 6) is -5.11. The van der Waals surface area contributed by atoms with E-state index in [0.29, 0.717) is 33.9 Å². The summed E-state index contributed by atoms with van der Waals surface area (Å²) < 4.78 is 71.1. The van der Waals surface area contributed by atoms with Crippen LogP contribution in [-0.2, 0) is 14.3 Å². The first kappa shape index (κ1) is 28.9. The van der Waals surface area contributed by atoms with Crippen LogP contribution in [0.2, 0.25) is 0 Å². The Bertz CT molecular complexity index is 1640. The third kappa shape index (κ3) is 4.93. The van der Waals surface area contributed by atoms with Crippen LogP contribution in [0.15, 0.2) is 48.5 Å². The molecule has 0 spiro atoms. The van der Waals surface area contributed by atoms with Crippen molar-refractivity contribution in [3.63, 3.8) is 0 Å². The normalized spacial score (nSPS) is 21.5. The molecule has 0 saturated carbocycles. The Balaban J connectivity index is 1.49. The van der Waals surface area contributed by atoms with Gasteiger partial charge in [-0.15, -0.1) is 0 Å². The standard InChI is InChI=1S/C29H23F3N2O10/c1-39-21-7-13(8-22(40-2)26(21)44-28(36)29(30,31)32)23-16-9-19-20(43-12-42-19)10-17(16)25(18-11-41-27(35)24(18)23)33-14-3-5-15(6-4-14)34(37)38/h3-10,18,23-25,33H,11-12H2,1-2H3/t18-,23+,24-,25+/m0/s1. The van der Waals surface area contributed by atoms with Crippen molar-refractivity contribution in [1.82, 2.24) is 0 Å². The number of esters is 2. The molecule has 1 saturated heterocycles. The summed E-state index contributed by atoms with van der Waals surface area (Å²) >= 11 is 0. The Morgan fingerprint density at radius 1 is 0.977 bits per heavy atom. The van der Waals surface area contributed by atoms with E-state index >= 15 is 0 Å². The van der Waals surface area contributed by atoms with Crippen LogP contribution in [0.1, 0.15) is 28.7 Å². The second-order valence-corrected chi connectivity index (χ2v) is 10.2. The van der Waals surface area contributed by atoms with Gasteiger partial charge in [0, 0.05) is 29.7 Å². The number of benzene rings is 3. The lowest BCUT2D eigenvalue weighted by molar-refractivity contribution is -0.384. The van der Waals surface area contributed by atoms with Crippen LogP contribution in [0, 0.1) is 22.0 Å². The molecule has 1 N–H and O–H groups in total. The fraction of sp³-hybridized carbons (Fsp3) is 0.310. The molecule has 12 nitrogen and oxygen atoms in total. The first-order valence-corrected chi connectivity index (χ1v) is 13.2. The number of nitrogens with zero attached hydrogens (tertiary/aromatic N) is 1. The number of carbonyl (C=O) groups excluding carboxylic acids is 2. The van der Waals surface area contributed by atoms with Crippen LogP contribution in [0.25, 0.3) is 0 Å². The highest BCUT2D eigenvalue weighted by atomic mass is 19.4. The van der Waals surface area contributed by atoms with Gasteiger partial charge in [-0.1, -0.05) is 0 Å². The van der Waals surface area contributed by atoms with Gasteiger partial charge in [0.25, 0.3) is 5.69 Å². The second kappa shape index (κ2) is 10.8. The van der Waals surface area contributed by atoms with Gasteiger partial charge in [-0.05, 0) is 53.1 Å². The largest absolute Gasteiger partial charge is 0.493 e. The molecule has 44 heavy (non-hydrogen) atoms. The fourth-order valence-corrected chi connectivity index (χ4v) is 5.94. The number of hydrogen-bond donors (Lipinski definition) is 1. The smallest absolute Gasteiger partial charge is 0.491 e. The van der Waals surface area contributed by atoms with Crippen LogP contribution in [0.5, 0.6) is 28.7 Å². The summed E-state index contributed by atoms with van der Waals surface area (Å²) in [4.78, 5) is 35.7. The summed E-state index contributed by atoms with van der Waals surface area (Å²) in [7, 11) is 2.38. The highest BCUT2D eigenvalue weighted by Gasteiger charge is 2.53. The predicted octanol–water partition coefficient (Wildman–Crippen LogP) is 4.90. The molecule has 1 fully saturated rings. The number of ether oxygens (including phenoxy) is 6. The van der Waals surface area contributed by atoms with Crippen LogP contribution in [-0.4, -0.2) is 50.7 Å². The van der Waals surface area contributed by atoms with Crippen molar-refractivity contribution >= 4 is 23.3 Å². The number of methoxy groups -OCH3 is 2. The topological polar surface area (TPSA) is 145 Å². The number of fused-ring (bicyclic) bond motifs is 3. The number of nitrogens with one attached hydrogen (secondary N) is 1. The minimum atomic E-state index is -5.27. The quantitative estimate of drug-likeness (QED) is 0.168. The zero-order valence-electron chi connectivity index (χ0n) is 23.0. The summed E-state index contributed by atoms with van der Waals surface area (Å²) in [6, 6.07) is 11.6. The number of rotatable bonds is 7. The molecule has 0 radical (unpaired) electrons. The van der Waals surface area contributed by atoms with Crippen molar-refractivity contribution in [3.05, 3.63) is 75.3 Å². The van der Waals surface area contributed by atoms with E-state index in [9.17, 15) is 32.9 Å². The lowest BCUT2D eigenvalue weighted by Gasteiger charge is -2.40. The van der Waals surface area contributed by atoms with Crippen molar-refractivity contribution in [1.29, 1.82) is 0 Å². The van der Waals surface area contributed by atoms with Gasteiger partial charge in [0.2, 0.25) is 12.5 Å². The molecule has 0 aromatic heterocycles. The average Bonchev–Trinajstić information content (AvgIpc) is 3.62. The molecule has 3 aliphatic rings. The lowest BCUT2D eigenvalue weighted by Crippen LogP contribution is -2.37. The monoisotopic (exact) mass is 616 g/mol. The van der Waals surface area contributed by atoms with Gasteiger partial charge >= 0.3 is 18.1 Å². The van der Waals surface area contributed by atoms with Crippen molar-refractivity contribution < 1.29 is 56.1 Å². The highest BCUT2D eigenvalue weighted by molar-refractivity contribution is 5.81. The number of nitro benzene ring substituents is 1. The first-order valence-electron chi connectivity index (χ1n) is 13.2. The molecule has 2 heterocycles. The van der Waals surface area contributed by atoms with Gasteiger partial charge in [0.1, 0.15) is 0 Å². The Hall–Kier alpha value is -5.21. The molecule has 3 aromatic rings. The number of cyclic esters (lactones) is 1. The van der Waals surface area contributed by atoms with Crippen molar-refractivity contribution in [2.24, 2.45) is 11.8 Å². The van der Waals surface area contributed by atoms with Crippen LogP contribution < -0.4 is 29.0 Å². The Morgan fingerprint density at radius 2 is 1.59 bits per heavy atom. The van der Waals surface area contributed by atoms with Crippen molar-refractivity contribution in [2.75, 3.05) is 32.9 Å². The molecule has 1 aliphatic carbocycles. The number of halogens is 3. The molecular formula is C29H23F3N2O10. The third-order valence-electron chi connectivity index (χ3n) is 7.86. The van der Waals surface area contributed by atoms with Gasteiger partial charge < -0.3 is 33.7 Å². The minimum absolute atomic E-state index is 0.0286. The van der Waals surface area contributed by atoms with E-state index in [4.69, 9.17) is 23.7 Å². The van der Waals surface area contributed by atoms with E-state index in [0.717, 1.165) is 0 Å². The molecule has 6 rings (SSSR count). The van der Waals surface area contributed by atoms with Crippen LogP contribution >= 0.6 is 0 Å². The molecule has 2 aliphatic heterocycles. The predicted molar refractivity (Wildman–Crippen MR) is 143 cm³/mol. The molecule has 0 bridgehead atoms. The van der Waals surface area contributed by atoms with E-state index in [1.54, 1.807) is 24.3 Å². The Kier molecular flexibility index (Phi) is 7.10. The SMILES string of the molecule is COc1cc([C@@H]2c3cc4c(cc3[C@@H](Nc3ccc([N+](=O)[O-])cc3)[C@H]3COC(=O)[C@H]23)OCO4)cc(OC)c1OC(=O)C(F)(F)F. The van der Waals surface area contributed by atoms with Crippen molar-refractivity contribution in [2.45, 2.75) is 18.1 Å². The van der Waals surface area contributed by atoms with Gasteiger partial charge in [0.05, 0.1) is 37.7 Å². The number of anilines is 1. The number of non-ortho nitro benzene ring substituents is 1. The van der Waals surface area contributed by atoms with Gasteiger partial charge in [-0.2, -0.15) is 13.2 Å².